The first-order chi connectivity index (χ1) is 38.6. The Hall–Kier alpha value is -6.67. The van der Waals surface area contributed by atoms with Crippen LogP contribution in [0.3, 0.4) is 0 Å². The van der Waals surface area contributed by atoms with Gasteiger partial charge >= 0.3 is 0 Å². The molecule has 0 radical (unpaired) electrons. The lowest BCUT2D eigenvalue weighted by Crippen LogP contribution is -2.57. The van der Waals surface area contributed by atoms with Gasteiger partial charge in [0.2, 0.25) is 17.7 Å². The summed E-state index contributed by atoms with van der Waals surface area (Å²) in [7, 11) is 0. The molecule has 3 aromatic carbocycles. The highest BCUT2D eigenvalue weighted by molar-refractivity contribution is 7.13. The molecule has 2 unspecified atom stereocenters. The highest BCUT2D eigenvalue weighted by Gasteiger charge is 2.45. The van der Waals surface area contributed by atoms with Crippen LogP contribution in [0.4, 0.5) is 17.2 Å². The van der Waals surface area contributed by atoms with E-state index in [1.165, 1.54) is 4.90 Å². The lowest BCUT2D eigenvalue weighted by atomic mass is 9.85. The summed E-state index contributed by atoms with van der Waals surface area (Å²) in [5.74, 6) is 0.701. The number of thiazole rings is 1. The molecule has 8 N–H and O–H groups in total. The molecule has 0 spiro atoms. The fourth-order valence-corrected chi connectivity index (χ4v) is 12.3. The van der Waals surface area contributed by atoms with Gasteiger partial charge in [0.05, 0.1) is 33.6 Å². The fraction of sp³-hybridized carbons (Fsp3) is 0.525. The van der Waals surface area contributed by atoms with E-state index < -0.39 is 23.6 Å². The number of piperazine rings is 1. The predicted molar refractivity (Wildman–Crippen MR) is 315 cm³/mol. The second kappa shape index (κ2) is 28.2. The van der Waals surface area contributed by atoms with Crippen molar-refractivity contribution in [1.82, 2.24) is 35.6 Å². The van der Waals surface area contributed by atoms with E-state index in [4.69, 9.17) is 16.2 Å². The molecule has 3 amide bonds. The number of para-hydroxylation sites is 1. The summed E-state index contributed by atoms with van der Waals surface area (Å²) in [4.78, 5) is 67.6. The lowest BCUT2D eigenvalue weighted by Gasteiger charge is -2.43. The Bertz CT molecular complexity index is 2850. The number of anilines is 3. The van der Waals surface area contributed by atoms with Crippen LogP contribution < -0.4 is 36.6 Å². The average Bonchev–Trinajstić information content (AvgIpc) is 4.17. The van der Waals surface area contributed by atoms with Crippen LogP contribution >= 0.6 is 11.3 Å². The van der Waals surface area contributed by atoms with E-state index >= 15 is 0 Å². The number of likely N-dealkylation sites (tertiary alicyclic amines) is 1. The molecular weight excluding hydrogens is 1030 g/mol. The van der Waals surface area contributed by atoms with Gasteiger partial charge in [-0.1, -0.05) is 88.9 Å². The van der Waals surface area contributed by atoms with Crippen molar-refractivity contribution in [3.63, 3.8) is 0 Å². The third-order valence-electron chi connectivity index (χ3n) is 15.8. The van der Waals surface area contributed by atoms with Crippen LogP contribution in [0.25, 0.3) is 21.7 Å². The smallest absolute Gasteiger partial charge is 0.246 e. The minimum atomic E-state index is -0.868. The van der Waals surface area contributed by atoms with Crippen LogP contribution in [-0.2, 0) is 25.7 Å². The maximum atomic E-state index is 14.1. The van der Waals surface area contributed by atoms with Gasteiger partial charge in [0.1, 0.15) is 36.0 Å². The quantitative estimate of drug-likeness (QED) is 0.0264. The number of hydrogen-bond donors (Lipinski definition) is 6. The summed E-state index contributed by atoms with van der Waals surface area (Å²) in [6.45, 7) is 12.8. The fourth-order valence-electron chi connectivity index (χ4n) is 11.5. The number of phenolic OH excluding ortho intramolecular Hbond substituents is 1. The number of carbonyl (C=O) groups excluding carboxylic acids is 4. The summed E-state index contributed by atoms with van der Waals surface area (Å²) >= 11 is 1.58. The molecule has 80 heavy (non-hydrogen) atoms. The van der Waals surface area contributed by atoms with Gasteiger partial charge in [-0.25, -0.2) is 4.98 Å². The molecule has 0 saturated carbocycles. The molecule has 0 aliphatic carbocycles. The molecule has 19 heteroatoms. The number of hydrogen-bond acceptors (Lipinski definition) is 16. The number of amides is 3. The number of rotatable bonds is 28. The van der Waals surface area contributed by atoms with E-state index in [0.29, 0.717) is 68.1 Å². The summed E-state index contributed by atoms with van der Waals surface area (Å²) in [6.07, 6.45) is 8.82. The van der Waals surface area contributed by atoms with E-state index in [1.54, 1.807) is 23.5 Å². The Labute approximate surface area is 475 Å². The largest absolute Gasteiger partial charge is 0.507 e. The number of Topliss-reactive ketones (excluding diaryl/α,β-unsaturated/α-hetero) is 1. The summed E-state index contributed by atoms with van der Waals surface area (Å²) in [6, 6.07) is 24.2. The zero-order valence-electron chi connectivity index (χ0n) is 47.2. The molecule has 5 heterocycles. The summed E-state index contributed by atoms with van der Waals surface area (Å²) in [5, 5.41) is 35.5. The zero-order valence-corrected chi connectivity index (χ0v) is 48.0. The number of aliphatic hydroxyl groups is 1. The number of phenols is 1. The predicted octanol–water partition coefficient (Wildman–Crippen LogP) is 7.64. The van der Waals surface area contributed by atoms with Crippen LogP contribution in [-0.4, -0.2) is 141 Å². The van der Waals surface area contributed by atoms with Crippen LogP contribution in [0.15, 0.2) is 84.4 Å². The zero-order chi connectivity index (χ0) is 56.8. The molecule has 3 aliphatic heterocycles. The first-order valence-corrected chi connectivity index (χ1v) is 29.6. The van der Waals surface area contributed by atoms with Gasteiger partial charge in [0.25, 0.3) is 0 Å². The number of β-amino-alcohol motifs (C(OH)–C–C–N with tert-alkyl or cyclic N) is 1. The molecule has 2 bridgehead atoms. The number of nitrogens with zero attached hydrogens (tertiary/aromatic N) is 7. The third-order valence-corrected chi connectivity index (χ3v) is 16.8. The van der Waals surface area contributed by atoms with Gasteiger partial charge in [-0.05, 0) is 92.4 Å². The Kier molecular flexibility index (Phi) is 20.9. The lowest BCUT2D eigenvalue weighted by molar-refractivity contribution is -0.144. The first kappa shape index (κ1) is 59.5. The van der Waals surface area contributed by atoms with Crippen molar-refractivity contribution in [3.8, 4) is 33.2 Å². The number of ketones is 1. The Morgan fingerprint density at radius 3 is 2.26 bits per heavy atom. The van der Waals surface area contributed by atoms with Crippen LogP contribution in [0.1, 0.15) is 115 Å². The molecule has 430 valence electrons. The Morgan fingerprint density at radius 1 is 0.850 bits per heavy atom. The molecule has 5 atom stereocenters. The molecule has 3 fully saturated rings. The number of aliphatic hydroxyl groups excluding tert-OH is 1. The maximum absolute atomic E-state index is 14.1. The van der Waals surface area contributed by atoms with Crippen molar-refractivity contribution in [3.05, 3.63) is 95.6 Å². The van der Waals surface area contributed by atoms with Crippen molar-refractivity contribution >= 4 is 52.0 Å². The number of fused-ring (bicyclic) bond motifs is 2. The third kappa shape index (κ3) is 15.8. The van der Waals surface area contributed by atoms with Crippen molar-refractivity contribution in [1.29, 1.82) is 0 Å². The number of nitrogens with one attached hydrogen (secondary N) is 2. The van der Waals surface area contributed by atoms with Gasteiger partial charge in [-0.3, -0.25) is 24.1 Å². The van der Waals surface area contributed by atoms with E-state index in [0.717, 1.165) is 116 Å². The number of aryl methyl sites for hydroxylation is 1. The molecule has 3 saturated heterocycles. The molecule has 3 aliphatic rings. The van der Waals surface area contributed by atoms with Crippen molar-refractivity contribution < 1.29 is 34.1 Å². The number of nitrogens with two attached hydrogens (primary N) is 2. The second-order valence-electron chi connectivity index (χ2n) is 22.9. The molecule has 5 aromatic rings. The van der Waals surface area contributed by atoms with Gasteiger partial charge in [0, 0.05) is 101 Å². The highest BCUT2D eigenvalue weighted by Crippen LogP contribution is 2.40. The van der Waals surface area contributed by atoms with Crippen molar-refractivity contribution in [2.24, 2.45) is 11.1 Å². The molecule has 18 nitrogen and oxygen atoms in total. The number of ether oxygens (including phenoxy) is 1. The molecule has 2 aromatic heterocycles. The number of aromatic nitrogens is 3. The number of benzene rings is 3. The van der Waals surface area contributed by atoms with Crippen molar-refractivity contribution in [2.75, 3.05) is 68.0 Å². The number of aromatic hydroxyl groups is 1. The standard InChI is InChI=1S/C61H83N11O7S/c1-41-56(80-40-65-41)43-24-22-42(23-25-43)36-64-59(77)53-34-48(74)39-71(53)60(78)57(61(2,3)4)66-55(76)21-10-8-6-5-7-9-16-47(73)17-14-29-69(30-28-62)31-32-79-49-18-13-15-44(33-49)72-45-26-27-46(72)38-70(37-45)52-35-51(67-68-58(52)63)50-19-11-12-20-54(50)75/h11-13,15,18-20,22-25,33,35,40,45-46,48,53,57,74-75H,5-10,14,16-17,21,26-32,34,36-39,62H2,1-4H3,(H2,63,68)(H,64,77)(H,66,76)/t45?,46?,48-,53+,57-/m1/s1. The maximum Gasteiger partial charge on any atom is 0.246 e. The molecule has 8 rings (SSSR count). The van der Waals surface area contributed by atoms with E-state index in [2.05, 4.69) is 58.7 Å². The van der Waals surface area contributed by atoms with E-state index in [-0.39, 0.29) is 55.2 Å². The van der Waals surface area contributed by atoms with Gasteiger partial charge in [-0.2, -0.15) is 0 Å². The SMILES string of the molecule is Cc1ncsc1-c1ccc(CNC(=O)[C@@H]2C[C@@H](O)CN2C(=O)[C@@H](NC(=O)CCCCCCCCC(=O)CCCN(CCN)CCOc2cccc(N3C4CCC3CN(c3cc(-c5ccccc5O)nnc3N)C4)c2)C(C)(C)C)cc1. The minimum absolute atomic E-state index is 0.0221. The van der Waals surface area contributed by atoms with Crippen LogP contribution in [0.2, 0.25) is 0 Å². The monoisotopic (exact) mass is 1110 g/mol. The minimum Gasteiger partial charge on any atom is -0.507 e. The molecular formula is C61H83N11O7S. The first-order valence-electron chi connectivity index (χ1n) is 28.7. The average molecular weight is 1110 g/mol. The Morgan fingerprint density at radius 2 is 1.56 bits per heavy atom. The summed E-state index contributed by atoms with van der Waals surface area (Å²) in [5.41, 5.74) is 19.7. The van der Waals surface area contributed by atoms with Crippen LogP contribution in [0, 0.1) is 12.3 Å². The van der Waals surface area contributed by atoms with Gasteiger partial charge in [0.15, 0.2) is 5.82 Å². The summed E-state index contributed by atoms with van der Waals surface area (Å²) < 4.78 is 6.32. The van der Waals surface area contributed by atoms with E-state index in [1.807, 2.05) is 81.7 Å². The van der Waals surface area contributed by atoms with Crippen molar-refractivity contribution in [2.45, 2.75) is 148 Å². The second-order valence-corrected chi connectivity index (χ2v) is 23.8. The number of carbonyl (C=O) groups is 4. The highest BCUT2D eigenvalue weighted by atomic mass is 32.1. The van der Waals surface area contributed by atoms with Gasteiger partial charge < -0.3 is 51.8 Å². The normalized spacial score (nSPS) is 18.4. The number of unbranched alkanes of at least 4 members (excludes halogenated alkanes) is 5. The number of nitrogen functional groups attached to an aromatic ring is 1. The van der Waals surface area contributed by atoms with Crippen LogP contribution in [0.5, 0.6) is 11.5 Å². The topological polar surface area (TPSA) is 246 Å². The van der Waals surface area contributed by atoms with E-state index in [9.17, 15) is 29.4 Å². The van der Waals surface area contributed by atoms with Gasteiger partial charge in [-0.15, -0.1) is 21.5 Å². The Balaban J connectivity index is 0.684.